The predicted octanol–water partition coefficient (Wildman–Crippen LogP) is 0.911. The Balaban J connectivity index is 0.00000289. The summed E-state index contributed by atoms with van der Waals surface area (Å²) in [7, 11) is -4.35. The Morgan fingerprint density at radius 2 is 1.71 bits per heavy atom. The topological polar surface area (TPSA) is 116 Å². The van der Waals surface area contributed by atoms with E-state index in [0.717, 1.165) is 55.3 Å². The molecule has 0 atom stereocenters. The molecule has 2 aliphatic carbocycles. The molecule has 182 valence electrons. The molecular formula is C24H30N5NaO4S. The SMILES string of the molecule is Cc1ncc(N(C2CCOCC2)S(=O)(=O)[N-]C(=O)Nc2c3c(cc4c2CCC4)CCC3)c(C)n1.[Na+]. The van der Waals surface area contributed by atoms with E-state index in [1.54, 1.807) is 13.8 Å². The summed E-state index contributed by atoms with van der Waals surface area (Å²) >= 11 is 0. The van der Waals surface area contributed by atoms with Crippen molar-refractivity contribution in [1.82, 2.24) is 9.97 Å². The van der Waals surface area contributed by atoms with E-state index in [9.17, 15) is 13.2 Å². The number of benzene rings is 1. The number of rotatable bonds is 5. The number of carbonyl (C=O) groups excluding carboxylic acids is 1. The number of aryl methyl sites for hydroxylation is 4. The summed E-state index contributed by atoms with van der Waals surface area (Å²) in [6.45, 7) is 4.37. The number of urea groups is 1. The van der Waals surface area contributed by atoms with Gasteiger partial charge in [-0.2, -0.15) is 0 Å². The third-order valence-electron chi connectivity index (χ3n) is 6.99. The molecule has 3 aliphatic rings. The van der Waals surface area contributed by atoms with E-state index < -0.39 is 16.2 Å². The maximum atomic E-state index is 13.5. The van der Waals surface area contributed by atoms with Crippen LogP contribution in [-0.4, -0.2) is 43.7 Å². The largest absolute Gasteiger partial charge is 1.00 e. The fourth-order valence-corrected chi connectivity index (χ4v) is 6.83. The molecule has 5 rings (SSSR count). The van der Waals surface area contributed by atoms with E-state index in [1.807, 2.05) is 0 Å². The Bertz CT molecular complexity index is 1200. The van der Waals surface area contributed by atoms with Crippen molar-refractivity contribution in [1.29, 1.82) is 0 Å². The first-order chi connectivity index (χ1) is 16.3. The summed E-state index contributed by atoms with van der Waals surface area (Å²) in [5.74, 6) is 0.548. The molecule has 0 radical (unpaired) electrons. The van der Waals surface area contributed by atoms with Crippen molar-refractivity contribution in [3.63, 3.8) is 0 Å². The van der Waals surface area contributed by atoms with Crippen LogP contribution in [0.2, 0.25) is 0 Å². The molecule has 2 aromatic rings. The minimum absolute atomic E-state index is 0. The van der Waals surface area contributed by atoms with Crippen LogP contribution in [0.5, 0.6) is 0 Å². The van der Waals surface area contributed by atoms with E-state index >= 15 is 0 Å². The molecule has 1 aliphatic heterocycles. The average molecular weight is 508 g/mol. The number of amides is 2. The van der Waals surface area contributed by atoms with Gasteiger partial charge in [0.1, 0.15) is 5.82 Å². The number of aromatic nitrogens is 2. The van der Waals surface area contributed by atoms with Crippen LogP contribution in [0.4, 0.5) is 16.2 Å². The molecule has 2 heterocycles. The van der Waals surface area contributed by atoms with Gasteiger partial charge in [-0.25, -0.2) is 18.4 Å². The number of nitrogens with one attached hydrogen (secondary N) is 1. The van der Waals surface area contributed by atoms with E-state index in [0.29, 0.717) is 43.3 Å². The van der Waals surface area contributed by atoms with Gasteiger partial charge in [0.15, 0.2) is 6.03 Å². The molecule has 1 fully saturated rings. The Morgan fingerprint density at radius 3 is 2.31 bits per heavy atom. The van der Waals surface area contributed by atoms with Gasteiger partial charge in [-0.1, -0.05) is 6.07 Å². The number of ether oxygens (including phenoxy) is 1. The first-order valence-corrected chi connectivity index (χ1v) is 13.4. The van der Waals surface area contributed by atoms with E-state index in [2.05, 4.69) is 26.1 Å². The van der Waals surface area contributed by atoms with Crippen molar-refractivity contribution in [2.45, 2.75) is 71.3 Å². The van der Waals surface area contributed by atoms with Gasteiger partial charge in [0, 0.05) is 19.3 Å². The Labute approximate surface area is 228 Å². The molecule has 2 amide bonds. The van der Waals surface area contributed by atoms with Crippen molar-refractivity contribution in [3.8, 4) is 0 Å². The zero-order valence-corrected chi connectivity index (χ0v) is 23.4. The zero-order chi connectivity index (χ0) is 23.9. The predicted molar refractivity (Wildman–Crippen MR) is 130 cm³/mol. The van der Waals surface area contributed by atoms with Crippen LogP contribution in [0, 0.1) is 13.8 Å². The smallest absolute Gasteiger partial charge is 0.423 e. The number of nitrogens with zero attached hydrogens (tertiary/aromatic N) is 4. The molecule has 0 spiro atoms. The summed E-state index contributed by atoms with van der Waals surface area (Å²) in [6, 6.07) is 1.02. The van der Waals surface area contributed by atoms with Crippen LogP contribution < -0.4 is 39.2 Å². The normalized spacial score (nSPS) is 17.3. The molecule has 11 heteroatoms. The number of hydrogen-bond acceptors (Lipinski definition) is 6. The summed E-state index contributed by atoms with van der Waals surface area (Å²) in [5, 5.41) is 2.86. The second-order valence-electron chi connectivity index (χ2n) is 9.26. The number of carbonyl (C=O) groups is 1. The molecule has 0 saturated carbocycles. The van der Waals surface area contributed by atoms with Crippen LogP contribution >= 0.6 is 0 Å². The average Bonchev–Trinajstić information content (AvgIpc) is 3.45. The fourth-order valence-electron chi connectivity index (χ4n) is 5.47. The second kappa shape index (κ2) is 10.7. The van der Waals surface area contributed by atoms with Crippen LogP contribution in [-0.2, 0) is 40.6 Å². The first kappa shape index (κ1) is 26.3. The molecule has 1 saturated heterocycles. The van der Waals surface area contributed by atoms with Crippen LogP contribution in [0.25, 0.3) is 4.72 Å². The minimum atomic E-state index is -4.35. The molecule has 0 bridgehead atoms. The third kappa shape index (κ3) is 5.36. The van der Waals surface area contributed by atoms with Crippen LogP contribution in [0.15, 0.2) is 12.3 Å². The summed E-state index contributed by atoms with van der Waals surface area (Å²) in [6.07, 6.45) is 8.35. The van der Waals surface area contributed by atoms with Gasteiger partial charge in [0.25, 0.3) is 10.2 Å². The molecule has 0 unspecified atom stereocenters. The van der Waals surface area contributed by atoms with E-state index in [-0.39, 0.29) is 35.6 Å². The maximum absolute atomic E-state index is 13.5. The maximum Gasteiger partial charge on any atom is 1.00 e. The van der Waals surface area contributed by atoms with Crippen LogP contribution in [0.3, 0.4) is 0 Å². The molecule has 1 aromatic carbocycles. The molecular weight excluding hydrogens is 477 g/mol. The summed E-state index contributed by atoms with van der Waals surface area (Å²) in [5.41, 5.74) is 6.42. The number of fused-ring (bicyclic) bond motifs is 2. The first-order valence-electron chi connectivity index (χ1n) is 12.0. The molecule has 35 heavy (non-hydrogen) atoms. The molecule has 9 nitrogen and oxygen atoms in total. The van der Waals surface area contributed by atoms with Gasteiger partial charge in [0.2, 0.25) is 0 Å². The quantitative estimate of drug-likeness (QED) is 0.602. The van der Waals surface area contributed by atoms with Crippen molar-refractivity contribution in [2.75, 3.05) is 22.8 Å². The van der Waals surface area contributed by atoms with E-state index in [4.69, 9.17) is 4.74 Å². The van der Waals surface area contributed by atoms with Crippen molar-refractivity contribution < 1.29 is 47.5 Å². The minimum Gasteiger partial charge on any atom is -0.423 e. The van der Waals surface area contributed by atoms with Gasteiger partial charge in [-0.05, 0) is 93.2 Å². The van der Waals surface area contributed by atoms with Gasteiger partial charge in [0.05, 0.1) is 17.6 Å². The summed E-state index contributed by atoms with van der Waals surface area (Å²) < 4.78 is 37.4. The van der Waals surface area contributed by atoms with Gasteiger partial charge >= 0.3 is 29.6 Å². The number of anilines is 2. The molecule has 1 aromatic heterocycles. The summed E-state index contributed by atoms with van der Waals surface area (Å²) in [4.78, 5) is 21.6. The Morgan fingerprint density at radius 1 is 1.09 bits per heavy atom. The zero-order valence-electron chi connectivity index (χ0n) is 20.6. The third-order valence-corrected chi connectivity index (χ3v) is 8.37. The Kier molecular flexibility index (Phi) is 8.07. The van der Waals surface area contributed by atoms with Crippen LogP contribution in [0.1, 0.15) is 59.5 Å². The van der Waals surface area contributed by atoms with Gasteiger partial charge in [-0.3, -0.25) is 9.10 Å². The van der Waals surface area contributed by atoms with Gasteiger partial charge in [-0.15, -0.1) is 0 Å². The van der Waals surface area contributed by atoms with Gasteiger partial charge < -0.3 is 14.8 Å². The monoisotopic (exact) mass is 507 g/mol. The molecule has 1 N–H and O–H groups in total. The second-order valence-corrected chi connectivity index (χ2v) is 10.7. The number of hydrogen-bond donors (Lipinski definition) is 1. The van der Waals surface area contributed by atoms with E-state index in [1.165, 1.54) is 21.6 Å². The van der Waals surface area contributed by atoms with Crippen molar-refractivity contribution in [3.05, 3.63) is 50.8 Å². The van der Waals surface area contributed by atoms with Crippen molar-refractivity contribution in [2.24, 2.45) is 0 Å². The Hall–Kier alpha value is -1.72. The van der Waals surface area contributed by atoms with Crippen molar-refractivity contribution >= 4 is 27.6 Å². The fraction of sp³-hybridized carbons (Fsp3) is 0.542. The standard InChI is InChI=1S/C24H31N5O4S.Na/c1-15-22(14-25-16(2)26-15)29(19-9-11-33-12-10-19)34(31,32)28-24(30)27-23-20-7-3-5-17(20)13-18-6-4-8-21(18)23;/h13-14,19H,3-12H2,1-2H3,(H2,27,28,30);/q;+1/p-1.